The molecule has 160 valence electrons. The molecule has 2 aliphatic rings. The van der Waals surface area contributed by atoms with Crippen LogP contribution in [0.4, 0.5) is 4.79 Å². The second-order valence-corrected chi connectivity index (χ2v) is 9.59. The number of alkyl carbamates (subject to hydrolysis) is 1. The van der Waals surface area contributed by atoms with E-state index in [2.05, 4.69) is 70.7 Å². The van der Waals surface area contributed by atoms with E-state index < -0.39 is 5.60 Å². The number of hydrogen-bond acceptors (Lipinski definition) is 4. The topological polar surface area (TPSA) is 44.8 Å². The summed E-state index contributed by atoms with van der Waals surface area (Å²) in [4.78, 5) is 17.2. The van der Waals surface area contributed by atoms with Crippen LogP contribution in [-0.2, 0) is 17.6 Å². The number of carbonyl (C=O) groups is 1. The Labute approximate surface area is 180 Å². The molecule has 2 aromatic carbocycles. The summed E-state index contributed by atoms with van der Waals surface area (Å²) < 4.78 is 5.50. The number of aryl methyl sites for hydroxylation is 2. The summed E-state index contributed by atoms with van der Waals surface area (Å²) in [7, 11) is 2.12. The van der Waals surface area contributed by atoms with Gasteiger partial charge < -0.3 is 10.1 Å². The van der Waals surface area contributed by atoms with Crippen LogP contribution >= 0.6 is 0 Å². The fourth-order valence-electron chi connectivity index (χ4n) is 4.78. The van der Waals surface area contributed by atoms with Gasteiger partial charge in [0, 0.05) is 13.1 Å². The molecule has 1 aliphatic heterocycles. The standard InChI is InChI=1S/C25H33N3O2/c1-25(2,3)30-24(29)26-20-15-27(4)17-28(16-20)23-21-11-7-5-9-18(21)13-14-19-10-6-8-12-22(19)23/h5-12,20,23H,13-17H2,1-4H3,(H,26,29). The Balaban J connectivity index is 1.63. The molecule has 0 spiro atoms. The second-order valence-electron chi connectivity index (χ2n) is 9.59. The number of hydrogen-bond donors (Lipinski definition) is 1. The van der Waals surface area contributed by atoms with Gasteiger partial charge in [0.05, 0.1) is 18.8 Å². The SMILES string of the molecule is CN1CC(NC(=O)OC(C)(C)C)CN(C2c3ccccc3CCc3ccccc32)C1. The van der Waals surface area contributed by atoms with Gasteiger partial charge >= 0.3 is 6.09 Å². The van der Waals surface area contributed by atoms with Crippen LogP contribution in [0.15, 0.2) is 48.5 Å². The Kier molecular flexibility index (Phi) is 5.85. The highest BCUT2D eigenvalue weighted by Gasteiger charge is 2.34. The van der Waals surface area contributed by atoms with Crippen molar-refractivity contribution in [3.8, 4) is 0 Å². The van der Waals surface area contributed by atoms with Crippen LogP contribution in [0, 0.1) is 0 Å². The van der Waals surface area contributed by atoms with Gasteiger partial charge in [-0.1, -0.05) is 48.5 Å². The van der Waals surface area contributed by atoms with Gasteiger partial charge in [-0.2, -0.15) is 0 Å². The highest BCUT2D eigenvalue weighted by Crippen LogP contribution is 2.37. The molecule has 5 nitrogen and oxygen atoms in total. The van der Waals surface area contributed by atoms with Gasteiger partial charge in [-0.05, 0) is 62.9 Å². The van der Waals surface area contributed by atoms with Crippen molar-refractivity contribution in [2.45, 2.75) is 51.3 Å². The zero-order valence-corrected chi connectivity index (χ0v) is 18.5. The molecule has 1 aliphatic carbocycles. The number of nitrogens with one attached hydrogen (secondary N) is 1. The lowest BCUT2D eigenvalue weighted by atomic mass is 9.92. The smallest absolute Gasteiger partial charge is 0.407 e. The predicted molar refractivity (Wildman–Crippen MR) is 119 cm³/mol. The third-order valence-corrected chi connectivity index (χ3v) is 5.86. The maximum absolute atomic E-state index is 12.4. The molecule has 1 saturated heterocycles. The first-order valence-electron chi connectivity index (χ1n) is 10.9. The maximum Gasteiger partial charge on any atom is 0.407 e. The molecule has 1 N–H and O–H groups in total. The largest absolute Gasteiger partial charge is 0.444 e. The van der Waals surface area contributed by atoms with Crippen molar-refractivity contribution in [3.05, 3.63) is 70.8 Å². The fraction of sp³-hybridized carbons (Fsp3) is 0.480. The minimum Gasteiger partial charge on any atom is -0.444 e. The summed E-state index contributed by atoms with van der Waals surface area (Å²) in [5, 5.41) is 3.09. The molecule has 5 heteroatoms. The fourth-order valence-corrected chi connectivity index (χ4v) is 4.78. The molecular weight excluding hydrogens is 374 g/mol. The lowest BCUT2D eigenvalue weighted by Gasteiger charge is -2.43. The van der Waals surface area contributed by atoms with Gasteiger partial charge in [-0.3, -0.25) is 9.80 Å². The molecule has 2 aromatic rings. The minimum absolute atomic E-state index is 0.0150. The highest BCUT2D eigenvalue weighted by molar-refractivity contribution is 5.68. The van der Waals surface area contributed by atoms with Crippen LogP contribution in [0.25, 0.3) is 0 Å². The molecule has 1 amide bonds. The number of rotatable bonds is 2. The first-order chi connectivity index (χ1) is 14.3. The van der Waals surface area contributed by atoms with Crippen molar-refractivity contribution >= 4 is 6.09 Å². The number of benzene rings is 2. The molecule has 1 atom stereocenters. The van der Waals surface area contributed by atoms with Gasteiger partial charge in [0.25, 0.3) is 0 Å². The number of likely N-dealkylation sites (N-methyl/N-ethyl adjacent to an activating group) is 1. The van der Waals surface area contributed by atoms with Gasteiger partial charge in [0.2, 0.25) is 0 Å². The average Bonchev–Trinajstić information content (AvgIpc) is 2.83. The molecule has 1 heterocycles. The summed E-state index contributed by atoms with van der Waals surface area (Å²) in [5.41, 5.74) is 5.11. The average molecular weight is 408 g/mol. The van der Waals surface area contributed by atoms with E-state index in [9.17, 15) is 4.79 Å². The maximum atomic E-state index is 12.4. The lowest BCUT2D eigenvalue weighted by molar-refractivity contribution is 0.0319. The van der Waals surface area contributed by atoms with Crippen LogP contribution in [0.5, 0.6) is 0 Å². The molecular formula is C25H33N3O2. The molecule has 1 unspecified atom stereocenters. The van der Waals surface area contributed by atoms with Gasteiger partial charge in [-0.15, -0.1) is 0 Å². The molecule has 0 saturated carbocycles. The first-order valence-corrected chi connectivity index (χ1v) is 10.9. The summed E-state index contributed by atoms with van der Waals surface area (Å²) in [6, 6.07) is 17.8. The zero-order chi connectivity index (χ0) is 21.3. The zero-order valence-electron chi connectivity index (χ0n) is 18.5. The Morgan fingerprint density at radius 3 is 2.10 bits per heavy atom. The second kappa shape index (κ2) is 8.40. The number of ether oxygens (including phenoxy) is 1. The summed E-state index contributed by atoms with van der Waals surface area (Å²) in [6.45, 7) is 8.14. The van der Waals surface area contributed by atoms with Crippen molar-refractivity contribution in [3.63, 3.8) is 0 Å². The third kappa shape index (κ3) is 4.68. The van der Waals surface area contributed by atoms with Crippen LogP contribution in [0.2, 0.25) is 0 Å². The van der Waals surface area contributed by atoms with Crippen molar-refractivity contribution < 1.29 is 9.53 Å². The van der Waals surface area contributed by atoms with E-state index in [-0.39, 0.29) is 18.2 Å². The van der Waals surface area contributed by atoms with Crippen LogP contribution < -0.4 is 5.32 Å². The highest BCUT2D eigenvalue weighted by atomic mass is 16.6. The van der Waals surface area contributed by atoms with Crippen molar-refractivity contribution in [1.82, 2.24) is 15.1 Å². The van der Waals surface area contributed by atoms with E-state index in [0.29, 0.717) is 0 Å². The van der Waals surface area contributed by atoms with Gasteiger partial charge in [0.15, 0.2) is 0 Å². The number of nitrogens with zero attached hydrogens (tertiary/aromatic N) is 2. The minimum atomic E-state index is -0.497. The molecule has 0 radical (unpaired) electrons. The van der Waals surface area contributed by atoms with E-state index in [1.165, 1.54) is 22.3 Å². The van der Waals surface area contributed by atoms with Crippen LogP contribution in [0.1, 0.15) is 49.1 Å². The summed E-state index contributed by atoms with van der Waals surface area (Å²) >= 11 is 0. The van der Waals surface area contributed by atoms with Crippen LogP contribution in [-0.4, -0.2) is 54.3 Å². The van der Waals surface area contributed by atoms with E-state index in [4.69, 9.17) is 4.74 Å². The Morgan fingerprint density at radius 2 is 1.53 bits per heavy atom. The lowest BCUT2D eigenvalue weighted by Crippen LogP contribution is -2.58. The van der Waals surface area contributed by atoms with Gasteiger partial charge in [0.1, 0.15) is 5.60 Å². The van der Waals surface area contributed by atoms with E-state index in [1.807, 2.05) is 20.8 Å². The van der Waals surface area contributed by atoms with E-state index in [0.717, 1.165) is 32.6 Å². The summed E-state index contributed by atoms with van der Waals surface area (Å²) in [6.07, 6.45) is 1.78. The molecule has 0 bridgehead atoms. The third-order valence-electron chi connectivity index (χ3n) is 5.86. The Morgan fingerprint density at radius 1 is 0.967 bits per heavy atom. The monoisotopic (exact) mass is 407 g/mol. The number of carbonyl (C=O) groups excluding carboxylic acids is 1. The normalized spacial score (nSPS) is 20.7. The van der Waals surface area contributed by atoms with Crippen molar-refractivity contribution in [1.29, 1.82) is 0 Å². The molecule has 30 heavy (non-hydrogen) atoms. The number of fused-ring (bicyclic) bond motifs is 2. The Bertz CT molecular complexity index is 858. The Hall–Kier alpha value is -2.37. The van der Waals surface area contributed by atoms with E-state index in [1.54, 1.807) is 0 Å². The van der Waals surface area contributed by atoms with Crippen molar-refractivity contribution in [2.24, 2.45) is 0 Å². The van der Waals surface area contributed by atoms with Crippen molar-refractivity contribution in [2.75, 3.05) is 26.8 Å². The van der Waals surface area contributed by atoms with E-state index >= 15 is 0 Å². The van der Waals surface area contributed by atoms with Crippen LogP contribution in [0.3, 0.4) is 0 Å². The molecule has 1 fully saturated rings. The predicted octanol–water partition coefficient (Wildman–Crippen LogP) is 3.97. The molecule has 4 rings (SSSR count). The van der Waals surface area contributed by atoms with Gasteiger partial charge in [-0.25, -0.2) is 4.79 Å². The number of amides is 1. The molecule has 0 aromatic heterocycles. The first kappa shape index (κ1) is 20.9. The quantitative estimate of drug-likeness (QED) is 0.818. The summed E-state index contributed by atoms with van der Waals surface area (Å²) in [5.74, 6) is 0.